The van der Waals surface area contributed by atoms with Gasteiger partial charge in [0, 0.05) is 12.6 Å². The number of halogens is 1. The van der Waals surface area contributed by atoms with Crippen LogP contribution in [-0.4, -0.2) is 45.6 Å². The second-order valence-corrected chi connectivity index (χ2v) is 6.92. The van der Waals surface area contributed by atoms with Gasteiger partial charge in [-0.25, -0.2) is 4.68 Å². The van der Waals surface area contributed by atoms with Gasteiger partial charge in [0.2, 0.25) is 0 Å². The van der Waals surface area contributed by atoms with Crippen molar-refractivity contribution < 1.29 is 0 Å². The number of nitrogens with zero attached hydrogens (tertiary/aromatic N) is 4. The van der Waals surface area contributed by atoms with Crippen LogP contribution >= 0.6 is 15.9 Å². The van der Waals surface area contributed by atoms with Crippen LogP contribution in [0.3, 0.4) is 0 Å². The van der Waals surface area contributed by atoms with Gasteiger partial charge in [-0.15, -0.1) is 5.10 Å². The van der Waals surface area contributed by atoms with Crippen molar-refractivity contribution in [3.8, 4) is 0 Å². The Kier molecular flexibility index (Phi) is 5.20. The summed E-state index contributed by atoms with van der Waals surface area (Å²) in [7, 11) is 3.97. The van der Waals surface area contributed by atoms with Crippen molar-refractivity contribution in [3.05, 3.63) is 10.3 Å². The average molecular weight is 344 g/mol. The maximum absolute atomic E-state index is 4.13. The zero-order valence-electron chi connectivity index (χ0n) is 13.0. The fraction of sp³-hybridized carbons (Fsp3) is 0.857. The standard InChI is InChI=1S/C14H26BrN5/c1-14(2,20-9-7-5-6-8-10-20)12(16-3)11-13(15)17-18-19(11)4/h12,16H,5-10H2,1-4H3. The highest BCUT2D eigenvalue weighted by Gasteiger charge is 2.38. The van der Waals surface area contributed by atoms with E-state index < -0.39 is 0 Å². The monoisotopic (exact) mass is 343 g/mol. The molecular formula is C14H26BrN5. The van der Waals surface area contributed by atoms with Gasteiger partial charge in [-0.1, -0.05) is 18.1 Å². The largest absolute Gasteiger partial charge is 0.310 e. The van der Waals surface area contributed by atoms with E-state index in [1.807, 2.05) is 18.8 Å². The molecule has 0 bridgehead atoms. The van der Waals surface area contributed by atoms with Crippen LogP contribution in [0.25, 0.3) is 0 Å². The Labute approximate surface area is 130 Å². The maximum atomic E-state index is 4.13. The van der Waals surface area contributed by atoms with E-state index in [0.29, 0.717) is 0 Å². The highest BCUT2D eigenvalue weighted by molar-refractivity contribution is 9.10. The van der Waals surface area contributed by atoms with E-state index in [9.17, 15) is 0 Å². The van der Waals surface area contributed by atoms with Crippen LogP contribution in [0, 0.1) is 0 Å². The minimum Gasteiger partial charge on any atom is -0.310 e. The average Bonchev–Trinajstić information content (AvgIpc) is 2.64. The summed E-state index contributed by atoms with van der Waals surface area (Å²) in [5.41, 5.74) is 1.14. The summed E-state index contributed by atoms with van der Waals surface area (Å²) in [5, 5.41) is 11.7. The van der Waals surface area contributed by atoms with Crippen molar-refractivity contribution >= 4 is 15.9 Å². The van der Waals surface area contributed by atoms with Gasteiger partial charge in [0.1, 0.15) is 0 Å². The van der Waals surface area contributed by atoms with Gasteiger partial charge in [0.05, 0.1) is 11.7 Å². The van der Waals surface area contributed by atoms with E-state index in [0.717, 1.165) is 10.3 Å². The van der Waals surface area contributed by atoms with E-state index in [1.54, 1.807) is 0 Å². The predicted molar refractivity (Wildman–Crippen MR) is 84.6 cm³/mol. The predicted octanol–water partition coefficient (Wildman–Crippen LogP) is 2.49. The Hall–Kier alpha value is -0.460. The van der Waals surface area contributed by atoms with Crippen molar-refractivity contribution in [2.24, 2.45) is 7.05 Å². The number of hydrogen-bond acceptors (Lipinski definition) is 4. The number of hydrogen-bond donors (Lipinski definition) is 1. The molecule has 114 valence electrons. The van der Waals surface area contributed by atoms with Crippen LogP contribution in [0.1, 0.15) is 51.3 Å². The molecular weight excluding hydrogens is 318 g/mol. The van der Waals surface area contributed by atoms with Gasteiger partial charge in [-0.3, -0.25) is 4.90 Å². The molecule has 0 saturated carbocycles. The summed E-state index contributed by atoms with van der Waals surface area (Å²) in [6.07, 6.45) is 5.30. The summed E-state index contributed by atoms with van der Waals surface area (Å²) in [4.78, 5) is 2.61. The smallest absolute Gasteiger partial charge is 0.153 e. The Balaban J connectivity index is 2.28. The van der Waals surface area contributed by atoms with Crippen molar-refractivity contribution in [3.63, 3.8) is 0 Å². The molecule has 20 heavy (non-hydrogen) atoms. The van der Waals surface area contributed by atoms with Crippen LogP contribution in [0.5, 0.6) is 0 Å². The van der Waals surface area contributed by atoms with Crippen LogP contribution < -0.4 is 5.32 Å². The third-order valence-electron chi connectivity index (χ3n) is 4.52. The van der Waals surface area contributed by atoms with E-state index in [1.165, 1.54) is 38.8 Å². The van der Waals surface area contributed by atoms with E-state index >= 15 is 0 Å². The molecule has 1 fully saturated rings. The quantitative estimate of drug-likeness (QED) is 0.912. The molecule has 0 amide bonds. The third kappa shape index (κ3) is 3.07. The molecule has 1 atom stereocenters. The molecule has 1 N–H and O–H groups in total. The lowest BCUT2D eigenvalue weighted by Gasteiger charge is -2.43. The molecule has 5 nitrogen and oxygen atoms in total. The van der Waals surface area contributed by atoms with Gasteiger partial charge < -0.3 is 5.32 Å². The first-order valence-corrected chi connectivity index (χ1v) is 8.25. The van der Waals surface area contributed by atoms with Crippen molar-refractivity contribution in [1.82, 2.24) is 25.2 Å². The first-order chi connectivity index (χ1) is 9.48. The van der Waals surface area contributed by atoms with E-state index in [2.05, 4.69) is 50.3 Å². The molecule has 0 radical (unpaired) electrons. The molecule has 0 spiro atoms. The second kappa shape index (κ2) is 6.54. The summed E-state index contributed by atoms with van der Waals surface area (Å²) >= 11 is 3.54. The van der Waals surface area contributed by atoms with Gasteiger partial charge >= 0.3 is 0 Å². The highest BCUT2D eigenvalue weighted by atomic mass is 79.9. The molecule has 1 aromatic rings. The highest BCUT2D eigenvalue weighted by Crippen LogP contribution is 2.34. The minimum atomic E-state index is 0.0249. The van der Waals surface area contributed by atoms with Crippen LogP contribution in [-0.2, 0) is 7.05 Å². The molecule has 1 aromatic heterocycles. The first kappa shape index (κ1) is 15.9. The minimum absolute atomic E-state index is 0.0249. The first-order valence-electron chi connectivity index (χ1n) is 7.46. The fourth-order valence-electron chi connectivity index (χ4n) is 3.30. The molecule has 2 rings (SSSR count). The normalized spacial score (nSPS) is 19.9. The fourth-order valence-corrected chi connectivity index (χ4v) is 3.86. The Bertz CT molecular complexity index is 415. The van der Waals surface area contributed by atoms with Gasteiger partial charge in [-0.2, -0.15) is 0 Å². The van der Waals surface area contributed by atoms with E-state index in [-0.39, 0.29) is 11.6 Å². The molecule has 1 unspecified atom stereocenters. The Morgan fingerprint density at radius 2 is 1.80 bits per heavy atom. The molecule has 1 aliphatic heterocycles. The zero-order valence-corrected chi connectivity index (χ0v) is 14.6. The molecule has 0 aromatic carbocycles. The number of aromatic nitrogens is 3. The SMILES string of the molecule is CNC(c1c(Br)nnn1C)C(C)(C)N1CCCCCC1. The number of aryl methyl sites for hydroxylation is 1. The number of rotatable bonds is 4. The van der Waals surface area contributed by atoms with Crippen LogP contribution in [0.2, 0.25) is 0 Å². The summed E-state index contributed by atoms with van der Waals surface area (Å²) < 4.78 is 2.70. The second-order valence-electron chi connectivity index (χ2n) is 6.17. The Morgan fingerprint density at radius 3 is 2.25 bits per heavy atom. The topological polar surface area (TPSA) is 46.0 Å². The third-order valence-corrected chi connectivity index (χ3v) is 5.08. The summed E-state index contributed by atoms with van der Waals surface area (Å²) in [5.74, 6) is 0. The molecule has 1 saturated heterocycles. The molecule has 2 heterocycles. The van der Waals surface area contributed by atoms with Crippen LogP contribution in [0.15, 0.2) is 4.60 Å². The van der Waals surface area contributed by atoms with Crippen molar-refractivity contribution in [2.45, 2.75) is 51.1 Å². The summed E-state index contributed by atoms with van der Waals surface area (Å²) in [6.45, 7) is 6.99. The molecule has 1 aliphatic rings. The number of likely N-dealkylation sites (tertiary alicyclic amines) is 1. The van der Waals surface area contributed by atoms with Crippen molar-refractivity contribution in [1.29, 1.82) is 0 Å². The number of nitrogens with one attached hydrogen (secondary N) is 1. The Morgan fingerprint density at radius 1 is 1.20 bits per heavy atom. The lowest BCUT2D eigenvalue weighted by atomic mass is 9.89. The lowest BCUT2D eigenvalue weighted by Crippen LogP contribution is -2.53. The van der Waals surface area contributed by atoms with Gasteiger partial charge in [0.15, 0.2) is 4.60 Å². The molecule has 6 heteroatoms. The van der Waals surface area contributed by atoms with Crippen LogP contribution in [0.4, 0.5) is 0 Å². The summed E-state index contributed by atoms with van der Waals surface area (Å²) in [6, 6.07) is 0.190. The van der Waals surface area contributed by atoms with E-state index in [4.69, 9.17) is 0 Å². The van der Waals surface area contributed by atoms with Gasteiger partial charge in [0.25, 0.3) is 0 Å². The van der Waals surface area contributed by atoms with Gasteiger partial charge in [-0.05, 0) is 62.8 Å². The lowest BCUT2D eigenvalue weighted by molar-refractivity contribution is 0.0831. The molecule has 0 aliphatic carbocycles. The zero-order chi connectivity index (χ0) is 14.8. The maximum Gasteiger partial charge on any atom is 0.153 e. The number of likely N-dealkylation sites (N-methyl/N-ethyl adjacent to an activating group) is 1. The van der Waals surface area contributed by atoms with Crippen molar-refractivity contribution in [2.75, 3.05) is 20.1 Å².